The second kappa shape index (κ2) is 6.35. The summed E-state index contributed by atoms with van der Waals surface area (Å²) in [6.45, 7) is 2.67. The molecule has 1 fully saturated rings. The maximum absolute atomic E-state index is 12.3. The van der Waals surface area contributed by atoms with Gasteiger partial charge in [-0.05, 0) is 37.4 Å². The van der Waals surface area contributed by atoms with Gasteiger partial charge in [-0.3, -0.25) is 9.78 Å². The molecular weight excluding hydrogens is 250 g/mol. The van der Waals surface area contributed by atoms with Crippen molar-refractivity contribution in [1.29, 1.82) is 0 Å². The van der Waals surface area contributed by atoms with Crippen molar-refractivity contribution in [1.82, 2.24) is 15.2 Å². The topological polar surface area (TPSA) is 45.2 Å². The Kier molecular flexibility index (Phi) is 4.31. The molecule has 4 heteroatoms. The number of aromatic nitrogens is 1. The first-order valence-corrected chi connectivity index (χ1v) is 7.77. The lowest BCUT2D eigenvalue weighted by molar-refractivity contribution is -0.132. The minimum atomic E-state index is 0.298. The van der Waals surface area contributed by atoms with E-state index in [1.807, 2.05) is 17.2 Å². The van der Waals surface area contributed by atoms with Crippen LogP contribution in [0.1, 0.15) is 43.4 Å². The Morgan fingerprint density at radius 3 is 3.25 bits per heavy atom. The lowest BCUT2D eigenvalue weighted by atomic mass is 9.99. The molecule has 3 heterocycles. The van der Waals surface area contributed by atoms with Crippen LogP contribution in [0.25, 0.3) is 0 Å². The predicted molar refractivity (Wildman–Crippen MR) is 78.2 cm³/mol. The molecule has 1 unspecified atom stereocenters. The zero-order chi connectivity index (χ0) is 13.8. The molecule has 2 aliphatic heterocycles. The van der Waals surface area contributed by atoms with Gasteiger partial charge in [0.2, 0.25) is 5.91 Å². The fraction of sp³-hybridized carbons (Fsp3) is 0.625. The normalized spacial score (nSPS) is 22.4. The largest absolute Gasteiger partial charge is 0.338 e. The molecule has 20 heavy (non-hydrogen) atoms. The van der Waals surface area contributed by atoms with Gasteiger partial charge in [-0.25, -0.2) is 0 Å². The van der Waals surface area contributed by atoms with Gasteiger partial charge in [-0.15, -0.1) is 0 Å². The SMILES string of the molecule is O=C(CCC1CCCCN1)N1CCc2ncccc2C1. The summed E-state index contributed by atoms with van der Waals surface area (Å²) in [5.74, 6) is 0.298. The number of hydrogen-bond acceptors (Lipinski definition) is 3. The summed E-state index contributed by atoms with van der Waals surface area (Å²) >= 11 is 0. The summed E-state index contributed by atoms with van der Waals surface area (Å²) in [7, 11) is 0. The van der Waals surface area contributed by atoms with Crippen LogP contribution >= 0.6 is 0 Å². The summed E-state index contributed by atoms with van der Waals surface area (Å²) in [6.07, 6.45) is 8.19. The average Bonchev–Trinajstić information content (AvgIpc) is 2.53. The van der Waals surface area contributed by atoms with E-state index in [2.05, 4.69) is 16.4 Å². The molecule has 0 saturated carbocycles. The number of pyridine rings is 1. The fourth-order valence-electron chi connectivity index (χ4n) is 3.20. The molecule has 1 N–H and O–H groups in total. The molecule has 3 rings (SSSR count). The maximum Gasteiger partial charge on any atom is 0.222 e. The van der Waals surface area contributed by atoms with E-state index in [0.29, 0.717) is 18.4 Å². The third kappa shape index (κ3) is 3.18. The lowest BCUT2D eigenvalue weighted by Crippen LogP contribution is -2.38. The third-order valence-electron chi connectivity index (χ3n) is 4.44. The Morgan fingerprint density at radius 2 is 2.40 bits per heavy atom. The van der Waals surface area contributed by atoms with Crippen molar-refractivity contribution in [3.63, 3.8) is 0 Å². The number of nitrogens with zero attached hydrogens (tertiary/aromatic N) is 2. The van der Waals surface area contributed by atoms with Crippen molar-refractivity contribution in [3.8, 4) is 0 Å². The first kappa shape index (κ1) is 13.6. The lowest BCUT2D eigenvalue weighted by Gasteiger charge is -2.29. The molecule has 1 saturated heterocycles. The number of rotatable bonds is 3. The Bertz CT molecular complexity index is 469. The van der Waals surface area contributed by atoms with Gasteiger partial charge in [-0.2, -0.15) is 0 Å². The van der Waals surface area contributed by atoms with E-state index >= 15 is 0 Å². The highest BCUT2D eigenvalue weighted by molar-refractivity contribution is 5.76. The Morgan fingerprint density at radius 1 is 1.45 bits per heavy atom. The van der Waals surface area contributed by atoms with E-state index in [1.165, 1.54) is 24.8 Å². The van der Waals surface area contributed by atoms with Crippen molar-refractivity contribution < 1.29 is 4.79 Å². The van der Waals surface area contributed by atoms with E-state index < -0.39 is 0 Å². The average molecular weight is 273 g/mol. The zero-order valence-corrected chi connectivity index (χ0v) is 12.0. The second-order valence-corrected chi connectivity index (χ2v) is 5.86. The first-order chi connectivity index (χ1) is 9.83. The van der Waals surface area contributed by atoms with Crippen LogP contribution in [0.3, 0.4) is 0 Å². The van der Waals surface area contributed by atoms with Crippen LogP contribution in [-0.4, -0.2) is 34.9 Å². The minimum Gasteiger partial charge on any atom is -0.338 e. The molecule has 0 aromatic carbocycles. The highest BCUT2D eigenvalue weighted by Gasteiger charge is 2.22. The molecule has 1 amide bonds. The van der Waals surface area contributed by atoms with Crippen molar-refractivity contribution >= 4 is 5.91 Å². The molecule has 0 bridgehead atoms. The molecule has 2 aliphatic rings. The number of hydrogen-bond donors (Lipinski definition) is 1. The van der Waals surface area contributed by atoms with Crippen LogP contribution in [0.5, 0.6) is 0 Å². The van der Waals surface area contributed by atoms with Crippen LogP contribution in [0, 0.1) is 0 Å². The van der Waals surface area contributed by atoms with Gasteiger partial charge in [0, 0.05) is 43.9 Å². The number of amides is 1. The Balaban J connectivity index is 1.51. The monoisotopic (exact) mass is 273 g/mol. The summed E-state index contributed by atoms with van der Waals surface area (Å²) in [5.41, 5.74) is 2.37. The summed E-state index contributed by atoms with van der Waals surface area (Å²) in [6, 6.07) is 4.59. The van der Waals surface area contributed by atoms with Gasteiger partial charge >= 0.3 is 0 Å². The minimum absolute atomic E-state index is 0.298. The van der Waals surface area contributed by atoms with Crippen molar-refractivity contribution in [2.75, 3.05) is 13.1 Å². The molecule has 0 aliphatic carbocycles. The smallest absolute Gasteiger partial charge is 0.222 e. The van der Waals surface area contributed by atoms with E-state index in [4.69, 9.17) is 0 Å². The van der Waals surface area contributed by atoms with E-state index in [1.54, 1.807) is 0 Å². The number of piperidine rings is 1. The number of fused-ring (bicyclic) bond motifs is 1. The fourth-order valence-corrected chi connectivity index (χ4v) is 3.20. The van der Waals surface area contributed by atoms with Crippen LogP contribution in [-0.2, 0) is 17.8 Å². The van der Waals surface area contributed by atoms with Crippen molar-refractivity contribution in [2.24, 2.45) is 0 Å². The molecule has 1 atom stereocenters. The molecule has 1 aromatic rings. The predicted octanol–water partition coefficient (Wildman–Crippen LogP) is 1.89. The number of carbonyl (C=O) groups is 1. The van der Waals surface area contributed by atoms with Crippen LogP contribution in [0.4, 0.5) is 0 Å². The quantitative estimate of drug-likeness (QED) is 0.914. The number of carbonyl (C=O) groups excluding carboxylic acids is 1. The van der Waals surface area contributed by atoms with Gasteiger partial charge in [-0.1, -0.05) is 12.5 Å². The van der Waals surface area contributed by atoms with E-state index in [-0.39, 0.29) is 0 Å². The van der Waals surface area contributed by atoms with Gasteiger partial charge in [0.15, 0.2) is 0 Å². The number of nitrogens with one attached hydrogen (secondary N) is 1. The summed E-state index contributed by atoms with van der Waals surface area (Å²) < 4.78 is 0. The molecule has 0 radical (unpaired) electrons. The van der Waals surface area contributed by atoms with Gasteiger partial charge < -0.3 is 10.2 Å². The van der Waals surface area contributed by atoms with Crippen molar-refractivity contribution in [3.05, 3.63) is 29.6 Å². The zero-order valence-electron chi connectivity index (χ0n) is 12.0. The molecule has 1 aromatic heterocycles. The standard InChI is InChI=1S/C16H23N3O/c20-16(7-6-14-5-1-2-9-17-14)19-11-8-15-13(12-19)4-3-10-18-15/h3-4,10,14,17H,1-2,5-9,11-12H2. The van der Waals surface area contributed by atoms with Gasteiger partial charge in [0.1, 0.15) is 0 Å². The second-order valence-electron chi connectivity index (χ2n) is 5.86. The van der Waals surface area contributed by atoms with Crippen LogP contribution < -0.4 is 5.32 Å². The third-order valence-corrected chi connectivity index (χ3v) is 4.44. The molecular formula is C16H23N3O. The van der Waals surface area contributed by atoms with Crippen LogP contribution in [0.15, 0.2) is 18.3 Å². The molecule has 0 spiro atoms. The molecule has 108 valence electrons. The molecule has 4 nitrogen and oxygen atoms in total. The highest BCUT2D eigenvalue weighted by Crippen LogP contribution is 2.18. The summed E-state index contributed by atoms with van der Waals surface area (Å²) in [4.78, 5) is 18.7. The Labute approximate surface area is 120 Å². The first-order valence-electron chi connectivity index (χ1n) is 7.77. The summed E-state index contributed by atoms with van der Waals surface area (Å²) in [5, 5.41) is 3.51. The van der Waals surface area contributed by atoms with E-state index in [0.717, 1.165) is 38.2 Å². The highest BCUT2D eigenvalue weighted by atomic mass is 16.2. The maximum atomic E-state index is 12.3. The van der Waals surface area contributed by atoms with Gasteiger partial charge in [0.05, 0.1) is 0 Å². The Hall–Kier alpha value is -1.42. The van der Waals surface area contributed by atoms with Crippen LogP contribution in [0.2, 0.25) is 0 Å². The van der Waals surface area contributed by atoms with E-state index in [9.17, 15) is 4.79 Å². The van der Waals surface area contributed by atoms with Crippen molar-refractivity contribution in [2.45, 2.75) is 51.1 Å². The van der Waals surface area contributed by atoms with Gasteiger partial charge in [0.25, 0.3) is 0 Å².